The summed E-state index contributed by atoms with van der Waals surface area (Å²) in [5.74, 6) is 0.536. The van der Waals surface area contributed by atoms with Crippen molar-refractivity contribution in [2.75, 3.05) is 33.7 Å². The Morgan fingerprint density at radius 2 is 1.89 bits per heavy atom. The van der Waals surface area contributed by atoms with Crippen molar-refractivity contribution >= 4 is 5.91 Å². The summed E-state index contributed by atoms with van der Waals surface area (Å²) in [6.07, 6.45) is 1.05. The van der Waals surface area contributed by atoms with E-state index in [0.717, 1.165) is 24.0 Å². The van der Waals surface area contributed by atoms with Gasteiger partial charge in [0.15, 0.2) is 0 Å². The summed E-state index contributed by atoms with van der Waals surface area (Å²) in [5.41, 5.74) is 0.320. The first-order valence-electron chi connectivity index (χ1n) is 7.14. The molecule has 1 rings (SSSR count). The Bertz CT molecular complexity index is 304. The molecule has 18 heavy (non-hydrogen) atoms. The summed E-state index contributed by atoms with van der Waals surface area (Å²) in [4.78, 5) is 13.9. The summed E-state index contributed by atoms with van der Waals surface area (Å²) in [7, 11) is 3.74. The highest BCUT2D eigenvalue weighted by Gasteiger charge is 2.45. The fourth-order valence-corrected chi connectivity index (χ4v) is 3.34. The molecule has 0 aromatic carbocycles. The van der Waals surface area contributed by atoms with E-state index in [1.165, 1.54) is 6.54 Å². The average molecular weight is 255 g/mol. The second-order valence-corrected chi connectivity index (χ2v) is 7.66. The number of amides is 1. The van der Waals surface area contributed by atoms with E-state index in [9.17, 15) is 4.79 Å². The van der Waals surface area contributed by atoms with Gasteiger partial charge in [-0.1, -0.05) is 20.8 Å². The summed E-state index contributed by atoms with van der Waals surface area (Å²) < 4.78 is 1.10. The fourth-order valence-electron chi connectivity index (χ4n) is 3.34. The monoisotopic (exact) mass is 255 g/mol. The molecule has 2 atom stereocenters. The van der Waals surface area contributed by atoms with E-state index in [0.29, 0.717) is 17.4 Å². The maximum absolute atomic E-state index is 12.1. The van der Waals surface area contributed by atoms with Crippen LogP contribution in [0.5, 0.6) is 0 Å². The van der Waals surface area contributed by atoms with Crippen LogP contribution < -0.4 is 0 Å². The number of quaternary nitrogens is 1. The molecule has 1 heterocycles. The van der Waals surface area contributed by atoms with Crippen molar-refractivity contribution in [3.8, 4) is 0 Å². The molecule has 1 amide bonds. The van der Waals surface area contributed by atoms with Crippen molar-refractivity contribution < 1.29 is 9.28 Å². The van der Waals surface area contributed by atoms with Gasteiger partial charge in [-0.25, -0.2) is 0 Å². The minimum absolute atomic E-state index is 0.227. The molecule has 0 N–H and O–H groups in total. The summed E-state index contributed by atoms with van der Waals surface area (Å²) in [6, 6.07) is 0.601. The topological polar surface area (TPSA) is 20.3 Å². The first kappa shape index (κ1) is 15.5. The van der Waals surface area contributed by atoms with Gasteiger partial charge in [0.1, 0.15) is 0 Å². The minimum Gasteiger partial charge on any atom is -0.348 e. The minimum atomic E-state index is 0.227. The van der Waals surface area contributed by atoms with Gasteiger partial charge in [0, 0.05) is 25.9 Å². The maximum Gasteiger partial charge on any atom is 0.231 e. The third kappa shape index (κ3) is 3.47. The maximum atomic E-state index is 12.1. The molecule has 0 aromatic heterocycles. The second kappa shape index (κ2) is 5.20. The van der Waals surface area contributed by atoms with Gasteiger partial charge in [-0.15, -0.1) is 0 Å². The Morgan fingerprint density at radius 3 is 2.28 bits per heavy atom. The fraction of sp³-hybridized carbons (Fsp3) is 0.933. The van der Waals surface area contributed by atoms with E-state index in [-0.39, 0.29) is 5.92 Å². The van der Waals surface area contributed by atoms with E-state index >= 15 is 0 Å². The van der Waals surface area contributed by atoms with Crippen LogP contribution in [0, 0.1) is 11.3 Å². The van der Waals surface area contributed by atoms with Gasteiger partial charge >= 0.3 is 0 Å². The molecule has 2 unspecified atom stereocenters. The van der Waals surface area contributed by atoms with Crippen molar-refractivity contribution in [1.82, 2.24) is 4.90 Å². The van der Waals surface area contributed by atoms with Gasteiger partial charge in [-0.2, -0.15) is 0 Å². The van der Waals surface area contributed by atoms with Crippen LogP contribution in [-0.4, -0.2) is 55.1 Å². The SMILES string of the molecule is CC(C)[N+]1(CC(C)(C)C)CCC(C(=O)N(C)C)C1. The zero-order valence-corrected chi connectivity index (χ0v) is 13.3. The Labute approximate surface area is 113 Å². The number of rotatable bonds is 3. The van der Waals surface area contributed by atoms with Crippen LogP contribution in [0.25, 0.3) is 0 Å². The third-order valence-electron chi connectivity index (χ3n) is 4.18. The van der Waals surface area contributed by atoms with Gasteiger partial charge in [0.05, 0.1) is 31.6 Å². The Balaban J connectivity index is 2.82. The number of hydrogen-bond donors (Lipinski definition) is 0. The van der Waals surface area contributed by atoms with E-state index in [2.05, 4.69) is 34.6 Å². The van der Waals surface area contributed by atoms with Crippen molar-refractivity contribution in [2.45, 2.75) is 47.1 Å². The normalized spacial score (nSPS) is 28.8. The number of nitrogens with zero attached hydrogens (tertiary/aromatic N) is 2. The molecular formula is C15H31N2O+. The van der Waals surface area contributed by atoms with Crippen LogP contribution in [0.15, 0.2) is 0 Å². The van der Waals surface area contributed by atoms with Crippen LogP contribution >= 0.6 is 0 Å². The molecule has 1 aliphatic heterocycles. The summed E-state index contributed by atoms with van der Waals surface area (Å²) >= 11 is 0. The zero-order chi connectivity index (χ0) is 14.1. The summed E-state index contributed by atoms with van der Waals surface area (Å²) in [6.45, 7) is 14.8. The van der Waals surface area contributed by atoms with Crippen molar-refractivity contribution in [1.29, 1.82) is 0 Å². The zero-order valence-electron chi connectivity index (χ0n) is 13.3. The number of carbonyl (C=O) groups is 1. The molecule has 106 valence electrons. The molecule has 1 aliphatic rings. The molecule has 0 spiro atoms. The second-order valence-electron chi connectivity index (χ2n) is 7.66. The van der Waals surface area contributed by atoms with Crippen molar-refractivity contribution in [2.24, 2.45) is 11.3 Å². The first-order valence-corrected chi connectivity index (χ1v) is 7.14. The largest absolute Gasteiger partial charge is 0.348 e. The predicted molar refractivity (Wildman–Crippen MR) is 76.3 cm³/mol. The van der Waals surface area contributed by atoms with Crippen LogP contribution in [0.4, 0.5) is 0 Å². The number of likely N-dealkylation sites (tertiary alicyclic amines) is 1. The van der Waals surface area contributed by atoms with Crippen LogP contribution in [0.2, 0.25) is 0 Å². The van der Waals surface area contributed by atoms with Crippen LogP contribution in [0.1, 0.15) is 41.0 Å². The highest BCUT2D eigenvalue weighted by atomic mass is 16.2. The lowest BCUT2D eigenvalue weighted by molar-refractivity contribution is -0.943. The van der Waals surface area contributed by atoms with Crippen molar-refractivity contribution in [3.05, 3.63) is 0 Å². The first-order chi connectivity index (χ1) is 8.07. The molecule has 0 aromatic rings. The number of hydrogen-bond acceptors (Lipinski definition) is 1. The quantitative estimate of drug-likeness (QED) is 0.709. The Morgan fingerprint density at radius 1 is 1.33 bits per heavy atom. The van der Waals surface area contributed by atoms with Crippen molar-refractivity contribution in [3.63, 3.8) is 0 Å². The lowest BCUT2D eigenvalue weighted by Crippen LogP contribution is -2.55. The molecule has 0 aliphatic carbocycles. The van der Waals surface area contributed by atoms with Crippen LogP contribution in [0.3, 0.4) is 0 Å². The van der Waals surface area contributed by atoms with Gasteiger partial charge < -0.3 is 9.38 Å². The predicted octanol–water partition coefficient (Wildman–Crippen LogP) is 2.37. The lowest BCUT2D eigenvalue weighted by atomic mass is 9.93. The molecule has 0 radical (unpaired) electrons. The lowest BCUT2D eigenvalue weighted by Gasteiger charge is -2.43. The van der Waals surface area contributed by atoms with Gasteiger partial charge in [-0.3, -0.25) is 4.79 Å². The molecule has 3 nitrogen and oxygen atoms in total. The molecule has 1 saturated heterocycles. The summed E-state index contributed by atoms with van der Waals surface area (Å²) in [5, 5.41) is 0. The highest BCUT2D eigenvalue weighted by Crippen LogP contribution is 2.33. The average Bonchev–Trinajstić information content (AvgIpc) is 2.59. The van der Waals surface area contributed by atoms with Gasteiger partial charge in [0.2, 0.25) is 5.91 Å². The molecule has 0 bridgehead atoms. The Kier molecular flexibility index (Phi) is 4.47. The Hall–Kier alpha value is -0.570. The van der Waals surface area contributed by atoms with E-state index in [1.807, 2.05) is 14.1 Å². The smallest absolute Gasteiger partial charge is 0.231 e. The molecular weight excluding hydrogens is 224 g/mol. The molecule has 3 heteroatoms. The number of carbonyl (C=O) groups excluding carboxylic acids is 1. The standard InChI is InChI=1S/C15H31N2O/c1-12(2)17(11-15(3,4)5)9-8-13(10-17)14(18)16(6)7/h12-13H,8-11H2,1-7H3/q+1. The third-order valence-corrected chi connectivity index (χ3v) is 4.18. The van der Waals surface area contributed by atoms with Crippen LogP contribution in [-0.2, 0) is 4.79 Å². The van der Waals surface area contributed by atoms with E-state index in [1.54, 1.807) is 4.90 Å². The molecule has 0 saturated carbocycles. The molecule has 1 fully saturated rings. The van der Waals surface area contributed by atoms with Gasteiger partial charge in [-0.05, 0) is 13.8 Å². The highest BCUT2D eigenvalue weighted by molar-refractivity contribution is 5.78. The van der Waals surface area contributed by atoms with E-state index in [4.69, 9.17) is 0 Å². The van der Waals surface area contributed by atoms with Gasteiger partial charge in [0.25, 0.3) is 0 Å². The van der Waals surface area contributed by atoms with E-state index < -0.39 is 0 Å².